The second kappa shape index (κ2) is 9.90. The molecule has 35 heavy (non-hydrogen) atoms. The van der Waals surface area contributed by atoms with E-state index in [0.29, 0.717) is 23.4 Å². The van der Waals surface area contributed by atoms with Gasteiger partial charge < -0.3 is 14.2 Å². The maximum Gasteiger partial charge on any atom is 0.573 e. The fraction of sp³-hybridized carbons (Fsp3) is 0.364. The standard InChI is InChI=1S/C22H20F6N4O2S/c23-21(24,25)19(33)29-20-32(17-7-6-16(14-18(17)35-20)34-22(26,27)28)13-10-30-8-11-31(12-9-30)15-4-2-1-3-5-15/h1-7,14H,8-13H2. The van der Waals surface area contributed by atoms with Gasteiger partial charge in [0, 0.05) is 45.0 Å². The third kappa shape index (κ3) is 6.34. The zero-order valence-electron chi connectivity index (χ0n) is 18.1. The molecule has 13 heteroatoms. The monoisotopic (exact) mass is 518 g/mol. The Labute approximate surface area is 199 Å². The smallest absolute Gasteiger partial charge is 0.406 e. The molecule has 1 amide bonds. The van der Waals surface area contributed by atoms with E-state index in [2.05, 4.69) is 19.5 Å². The number of carbonyl (C=O) groups excluding carboxylic acids is 1. The Kier molecular flexibility index (Phi) is 7.08. The molecular formula is C22H20F6N4O2S. The number of benzene rings is 2. The summed E-state index contributed by atoms with van der Waals surface area (Å²) in [6, 6.07) is 13.4. The molecule has 188 valence electrons. The van der Waals surface area contributed by atoms with Crippen LogP contribution in [-0.4, -0.2) is 60.6 Å². The average Bonchev–Trinajstić information content (AvgIpc) is 3.13. The summed E-state index contributed by atoms with van der Waals surface area (Å²) in [6.45, 7) is 3.63. The molecule has 4 rings (SSSR count). The van der Waals surface area contributed by atoms with Crippen LogP contribution in [-0.2, 0) is 11.3 Å². The first-order valence-corrected chi connectivity index (χ1v) is 11.4. The third-order valence-electron chi connectivity index (χ3n) is 5.46. The van der Waals surface area contributed by atoms with Gasteiger partial charge >= 0.3 is 18.4 Å². The van der Waals surface area contributed by atoms with Crippen LogP contribution in [0.2, 0.25) is 0 Å². The van der Waals surface area contributed by atoms with E-state index in [0.717, 1.165) is 44.0 Å². The SMILES string of the molecule is O=C(N=c1sc2cc(OC(F)(F)F)ccc2n1CCN1CCN(c2ccccc2)CC1)C(F)(F)F. The Balaban J connectivity index is 1.55. The van der Waals surface area contributed by atoms with Crippen LogP contribution >= 0.6 is 11.3 Å². The molecule has 2 heterocycles. The van der Waals surface area contributed by atoms with Crippen LogP contribution in [0.3, 0.4) is 0 Å². The maximum absolute atomic E-state index is 12.8. The van der Waals surface area contributed by atoms with Crippen LogP contribution in [0.1, 0.15) is 0 Å². The first kappa shape index (κ1) is 25.0. The van der Waals surface area contributed by atoms with Gasteiger partial charge in [-0.25, -0.2) is 0 Å². The van der Waals surface area contributed by atoms with Crippen LogP contribution in [0.25, 0.3) is 10.2 Å². The molecule has 1 aliphatic heterocycles. The van der Waals surface area contributed by atoms with Gasteiger partial charge in [0.05, 0.1) is 10.2 Å². The highest BCUT2D eigenvalue weighted by Crippen LogP contribution is 2.28. The number of aromatic nitrogens is 1. The molecule has 1 saturated heterocycles. The van der Waals surface area contributed by atoms with Gasteiger partial charge in [0.25, 0.3) is 0 Å². The van der Waals surface area contributed by atoms with Crippen molar-refractivity contribution in [2.24, 2.45) is 4.99 Å². The number of amides is 1. The quantitative estimate of drug-likeness (QED) is 0.470. The second-order valence-electron chi connectivity index (χ2n) is 7.79. The molecule has 2 aromatic carbocycles. The molecule has 1 aromatic heterocycles. The molecule has 0 saturated carbocycles. The molecule has 0 spiro atoms. The largest absolute Gasteiger partial charge is 0.573 e. The zero-order chi connectivity index (χ0) is 25.2. The number of ether oxygens (including phenoxy) is 1. The van der Waals surface area contributed by atoms with Gasteiger partial charge in [0.15, 0.2) is 4.80 Å². The number of thiazole rings is 1. The lowest BCUT2D eigenvalue weighted by Crippen LogP contribution is -2.47. The van der Waals surface area contributed by atoms with Crippen molar-refractivity contribution in [1.29, 1.82) is 0 Å². The number of para-hydroxylation sites is 1. The molecule has 1 aliphatic rings. The van der Waals surface area contributed by atoms with Crippen LogP contribution in [0.15, 0.2) is 53.5 Å². The number of anilines is 1. The van der Waals surface area contributed by atoms with Crippen molar-refractivity contribution >= 4 is 33.1 Å². The summed E-state index contributed by atoms with van der Waals surface area (Å²) in [6.07, 6.45) is -10.1. The minimum Gasteiger partial charge on any atom is -0.406 e. The van der Waals surface area contributed by atoms with E-state index in [9.17, 15) is 31.1 Å². The Morgan fingerprint density at radius 1 is 0.943 bits per heavy atom. The van der Waals surface area contributed by atoms with Gasteiger partial charge in [-0.1, -0.05) is 29.5 Å². The van der Waals surface area contributed by atoms with Gasteiger partial charge in [0.1, 0.15) is 5.75 Å². The molecule has 0 atom stereocenters. The van der Waals surface area contributed by atoms with Gasteiger partial charge in [-0.3, -0.25) is 9.69 Å². The van der Waals surface area contributed by atoms with Gasteiger partial charge in [-0.05, 0) is 30.3 Å². The fourth-order valence-corrected chi connectivity index (χ4v) is 4.90. The highest BCUT2D eigenvalue weighted by molar-refractivity contribution is 7.16. The van der Waals surface area contributed by atoms with E-state index < -0.39 is 24.2 Å². The second-order valence-corrected chi connectivity index (χ2v) is 8.80. The van der Waals surface area contributed by atoms with Crippen LogP contribution in [0, 0.1) is 0 Å². The topological polar surface area (TPSA) is 50.1 Å². The van der Waals surface area contributed by atoms with E-state index in [1.54, 1.807) is 0 Å². The summed E-state index contributed by atoms with van der Waals surface area (Å²) in [5.41, 5.74) is 1.47. The number of hydrogen-bond donors (Lipinski definition) is 0. The van der Waals surface area contributed by atoms with Crippen LogP contribution in [0.5, 0.6) is 5.75 Å². The highest BCUT2D eigenvalue weighted by Gasteiger charge is 2.39. The minimum atomic E-state index is -5.16. The number of halogens is 6. The van der Waals surface area contributed by atoms with E-state index in [-0.39, 0.29) is 16.0 Å². The fourth-order valence-electron chi connectivity index (χ4n) is 3.81. The first-order chi connectivity index (χ1) is 16.5. The van der Waals surface area contributed by atoms with Crippen LogP contribution < -0.4 is 14.4 Å². The lowest BCUT2D eigenvalue weighted by Gasteiger charge is -2.36. The zero-order valence-corrected chi connectivity index (χ0v) is 19.0. The van der Waals surface area contributed by atoms with Gasteiger partial charge in [0.2, 0.25) is 0 Å². The Morgan fingerprint density at radius 3 is 2.26 bits per heavy atom. The van der Waals surface area contributed by atoms with Gasteiger partial charge in [-0.15, -0.1) is 13.2 Å². The number of fused-ring (bicyclic) bond motifs is 1. The van der Waals surface area contributed by atoms with E-state index >= 15 is 0 Å². The molecule has 0 N–H and O–H groups in total. The Bertz CT molecular complexity index is 1240. The normalized spacial score (nSPS) is 16.2. The molecule has 1 fully saturated rings. The molecule has 0 bridgehead atoms. The third-order valence-corrected chi connectivity index (χ3v) is 6.50. The van der Waals surface area contributed by atoms with E-state index in [4.69, 9.17) is 0 Å². The molecule has 3 aromatic rings. The Morgan fingerprint density at radius 2 is 1.63 bits per heavy atom. The summed E-state index contributed by atoms with van der Waals surface area (Å²) >= 11 is 0.694. The number of nitrogens with zero attached hydrogens (tertiary/aromatic N) is 4. The average molecular weight is 518 g/mol. The number of piperazine rings is 1. The van der Waals surface area contributed by atoms with Crippen molar-refractivity contribution < 1.29 is 35.9 Å². The summed E-state index contributed by atoms with van der Waals surface area (Å²) in [5.74, 6) is -2.79. The summed E-state index contributed by atoms with van der Waals surface area (Å²) in [7, 11) is 0. The molecule has 6 nitrogen and oxygen atoms in total. The molecule has 0 unspecified atom stereocenters. The lowest BCUT2D eigenvalue weighted by molar-refractivity contribution is -0.274. The van der Waals surface area contributed by atoms with Crippen molar-refractivity contribution in [2.45, 2.75) is 19.1 Å². The highest BCUT2D eigenvalue weighted by atomic mass is 32.1. The van der Waals surface area contributed by atoms with Crippen molar-refractivity contribution in [3.63, 3.8) is 0 Å². The van der Waals surface area contributed by atoms with Crippen LogP contribution in [0.4, 0.5) is 32.0 Å². The van der Waals surface area contributed by atoms with E-state index in [1.165, 1.54) is 10.6 Å². The summed E-state index contributed by atoms with van der Waals surface area (Å²) in [4.78, 5) is 18.8. The van der Waals surface area contributed by atoms with Crippen molar-refractivity contribution in [3.05, 3.63) is 53.3 Å². The predicted molar refractivity (Wildman–Crippen MR) is 118 cm³/mol. The molecule has 0 aliphatic carbocycles. The number of carbonyl (C=O) groups is 1. The molecule has 0 radical (unpaired) electrons. The molecular weight excluding hydrogens is 498 g/mol. The number of rotatable bonds is 5. The van der Waals surface area contributed by atoms with E-state index in [1.807, 2.05) is 30.3 Å². The maximum atomic E-state index is 12.8. The first-order valence-electron chi connectivity index (χ1n) is 10.6. The van der Waals surface area contributed by atoms with Crippen molar-refractivity contribution in [3.8, 4) is 5.75 Å². The lowest BCUT2D eigenvalue weighted by atomic mass is 10.2. The van der Waals surface area contributed by atoms with Crippen molar-refractivity contribution in [2.75, 3.05) is 37.6 Å². The minimum absolute atomic E-state index is 0.203. The number of alkyl halides is 6. The predicted octanol–water partition coefficient (Wildman–Crippen LogP) is 4.41. The Hall–Kier alpha value is -3.06. The van der Waals surface area contributed by atoms with Gasteiger partial charge in [-0.2, -0.15) is 18.2 Å². The number of hydrogen-bond acceptors (Lipinski definition) is 5. The van der Waals surface area contributed by atoms with Crippen molar-refractivity contribution in [1.82, 2.24) is 9.47 Å². The summed E-state index contributed by atoms with van der Waals surface area (Å²) < 4.78 is 81.7. The summed E-state index contributed by atoms with van der Waals surface area (Å²) in [5, 5.41) is 0.